The highest BCUT2D eigenvalue weighted by Crippen LogP contribution is 2.35. The number of benzene rings is 5. The normalized spacial score (nSPS) is 18.2. The van der Waals surface area contributed by atoms with E-state index in [0.717, 1.165) is 89.5 Å². The summed E-state index contributed by atoms with van der Waals surface area (Å²) in [5.41, 5.74) is 12.0. The van der Waals surface area contributed by atoms with Gasteiger partial charge in [-0.2, -0.15) is 10.4 Å². The molecule has 2 atom stereocenters. The maximum atomic E-state index is 14.1. The monoisotopic (exact) mass is 1360 g/mol. The van der Waals surface area contributed by atoms with Crippen LogP contribution in [0.3, 0.4) is 0 Å². The van der Waals surface area contributed by atoms with Crippen molar-refractivity contribution in [1.82, 2.24) is 67.4 Å². The number of primary amides is 1. The Morgan fingerprint density at radius 3 is 1.79 bits per heavy atom. The molecule has 7 amide bonds. The molecule has 0 spiro atoms. The Bertz CT molecular complexity index is 3690. The van der Waals surface area contributed by atoms with Crippen LogP contribution in [0.4, 0.5) is 21.0 Å². The van der Waals surface area contributed by atoms with Gasteiger partial charge < -0.3 is 47.1 Å². The van der Waals surface area contributed by atoms with E-state index in [2.05, 4.69) is 103 Å². The zero-order chi connectivity index (χ0) is 67.6. The fourth-order valence-corrected chi connectivity index (χ4v) is 12.9. The van der Waals surface area contributed by atoms with Crippen LogP contribution in [0.1, 0.15) is 120 Å². The number of carbonyl (C=O) groups excluding carboxylic acids is 6. The van der Waals surface area contributed by atoms with E-state index < -0.39 is 35.8 Å². The van der Waals surface area contributed by atoms with Gasteiger partial charge in [-0.1, -0.05) is 64.5 Å². The molecule has 25 nitrogen and oxygen atoms in total. The van der Waals surface area contributed by atoms with Crippen LogP contribution in [0.15, 0.2) is 126 Å². The lowest BCUT2D eigenvalue weighted by Gasteiger charge is -2.36. The van der Waals surface area contributed by atoms with Gasteiger partial charge in [0.05, 0.1) is 0 Å². The number of anilines is 2. The molecule has 1 saturated heterocycles. The van der Waals surface area contributed by atoms with E-state index in [0.29, 0.717) is 73.4 Å². The zero-order valence-electron chi connectivity index (χ0n) is 54.2. The first-order chi connectivity index (χ1) is 45.6. The molecule has 95 heavy (non-hydrogen) atoms. The minimum absolute atomic E-state index is 0.0899. The van der Waals surface area contributed by atoms with E-state index in [9.17, 15) is 33.6 Å². The summed E-state index contributed by atoms with van der Waals surface area (Å²) in [7, 11) is 0. The number of hydrogen-bond acceptors (Lipinski definition) is 15. The van der Waals surface area contributed by atoms with Crippen LogP contribution >= 0.6 is 15.9 Å². The Morgan fingerprint density at radius 1 is 0.674 bits per heavy atom. The second kappa shape index (κ2) is 33.1. The number of piperidine rings is 1. The molecule has 0 bridgehead atoms. The number of alkyl carbamates (subject to hydrolysis) is 1. The van der Waals surface area contributed by atoms with Crippen LogP contribution in [-0.4, -0.2) is 149 Å². The van der Waals surface area contributed by atoms with Gasteiger partial charge in [0.1, 0.15) is 17.7 Å². The highest BCUT2D eigenvalue weighted by atomic mass is 79.9. The van der Waals surface area contributed by atoms with Crippen LogP contribution in [0.5, 0.6) is 0 Å². The van der Waals surface area contributed by atoms with Gasteiger partial charge >= 0.3 is 12.2 Å². The van der Waals surface area contributed by atoms with Crippen LogP contribution in [-0.2, 0) is 36.8 Å². The van der Waals surface area contributed by atoms with Gasteiger partial charge in [0.2, 0.25) is 35.3 Å². The average molecular weight is 1360 g/mol. The summed E-state index contributed by atoms with van der Waals surface area (Å²) in [4.78, 5) is 94.8. The van der Waals surface area contributed by atoms with Crippen molar-refractivity contribution in [3.05, 3.63) is 142 Å². The SMILES string of the molecule is CC(C)(C)OC(=O)NCC1CCC(C(=O)N(c2ccc(-c3nn[nH]n3)cc2)[C@@H](Cc2cccc(Br)c2)C(N)=O)CC1.CC(C)N1CCC(NC(=O)c2cccc(-c3cccc(C[C@H](NC(=O)C4CCC(CNC(=O)O)CC4)C(=O)Nc4ccc(-c5nn[nH]n5)cc4)c3)c2)CC1. The van der Waals surface area contributed by atoms with Crippen molar-refractivity contribution in [3.63, 3.8) is 0 Å². The number of nitrogens with one attached hydrogen (secondary N) is 7. The summed E-state index contributed by atoms with van der Waals surface area (Å²) >= 11 is 3.48. The van der Waals surface area contributed by atoms with Crippen LogP contribution in [0, 0.1) is 23.7 Å². The van der Waals surface area contributed by atoms with E-state index in [1.807, 2.05) is 93.6 Å². The second-order valence-electron chi connectivity index (χ2n) is 26.0. The van der Waals surface area contributed by atoms with Gasteiger partial charge in [0.15, 0.2) is 0 Å². The number of aromatic nitrogens is 8. The number of likely N-dealkylation sites (tertiary alicyclic amines) is 1. The first kappa shape index (κ1) is 69.9. The quantitative estimate of drug-likeness (QED) is 0.0305. The standard InChI is InChI=1S/C40H49N9O5.C29H36BrN7O4/c1-25(2)49-19-17-34(18-20-49)42-38(51)32-8-4-7-31(23-32)30-6-3-5-27(21-30)22-35(44-37(50)29-11-9-26(10-12-29)24-41-40(53)54)39(52)43-33-15-13-28(14-16-33)36-45-47-48-46-36;1-29(2,3)41-28(40)32-17-18-7-9-21(10-8-18)27(39)37(23-13-11-20(12-14-23)26-33-35-36-34-26)24(25(31)38)16-19-5-4-6-22(30)15-19/h3-8,13-16,21,23,25-26,29,34-35,41H,9-12,17-20,22,24H2,1-2H3,(H,42,51)(H,43,52)(H,44,50)(H,53,54)(H,45,46,47,48);4-6,11-15,18,21,24H,7-10,16-17H2,1-3H3,(H2,31,38)(H,32,40)(H,33,34,35,36)/t26?,29?,35-;18?,21?,24-/m00/s1. The third-order valence-electron chi connectivity index (χ3n) is 17.6. The Kier molecular flexibility index (Phi) is 24.4. The molecule has 2 aromatic heterocycles. The van der Waals surface area contributed by atoms with Crippen LogP contribution in [0.25, 0.3) is 33.9 Å². The molecule has 10 rings (SSSR count). The fraction of sp³-hybridized carbons (Fsp3) is 0.435. The highest BCUT2D eigenvalue weighted by molar-refractivity contribution is 9.10. The molecule has 3 heterocycles. The number of nitrogens with zero attached hydrogens (tertiary/aromatic N) is 8. The molecule has 2 saturated carbocycles. The molecule has 7 aromatic rings. The molecule has 5 aromatic carbocycles. The summed E-state index contributed by atoms with van der Waals surface area (Å²) in [6, 6.07) is 36.0. The predicted molar refractivity (Wildman–Crippen MR) is 362 cm³/mol. The number of rotatable bonds is 22. The molecule has 1 aliphatic heterocycles. The molecular formula is C69H85BrN16O9. The number of carbonyl (C=O) groups is 7. The number of halogens is 1. The molecule has 2 aliphatic carbocycles. The summed E-state index contributed by atoms with van der Waals surface area (Å²) in [5.74, 6) is -0.674. The third-order valence-corrected chi connectivity index (χ3v) is 18.1. The Morgan fingerprint density at radius 2 is 1.23 bits per heavy atom. The zero-order valence-corrected chi connectivity index (χ0v) is 55.8. The van der Waals surface area contributed by atoms with Gasteiger partial charge in [-0.15, -0.1) is 20.4 Å². The molecular weight excluding hydrogens is 1280 g/mol. The van der Waals surface area contributed by atoms with Crippen LogP contribution in [0.2, 0.25) is 0 Å². The molecule has 502 valence electrons. The lowest BCUT2D eigenvalue weighted by molar-refractivity contribution is -0.130. The minimum atomic E-state index is -1.05. The molecule has 0 unspecified atom stereocenters. The molecule has 26 heteroatoms. The van der Waals surface area contributed by atoms with E-state index in [-0.39, 0.29) is 66.2 Å². The lowest BCUT2D eigenvalue weighted by Crippen LogP contribution is -2.52. The number of H-pyrrole nitrogens is 2. The smallest absolute Gasteiger partial charge is 0.407 e. The first-order valence-electron chi connectivity index (χ1n) is 32.4. The van der Waals surface area contributed by atoms with Crippen LogP contribution < -0.4 is 37.2 Å². The van der Waals surface area contributed by atoms with Gasteiger partial charge in [-0.25, -0.2) is 9.59 Å². The number of aromatic amines is 2. The number of tetrazole rings is 2. The van der Waals surface area contributed by atoms with Gasteiger partial charge in [0, 0.05) is 95.5 Å². The van der Waals surface area contributed by atoms with Gasteiger partial charge in [0.25, 0.3) is 5.91 Å². The Hall–Kier alpha value is -9.43. The van der Waals surface area contributed by atoms with Crippen molar-refractivity contribution < 1.29 is 43.4 Å². The van der Waals surface area contributed by atoms with Crippen molar-refractivity contribution in [3.8, 4) is 33.9 Å². The minimum Gasteiger partial charge on any atom is -0.465 e. The van der Waals surface area contributed by atoms with Crippen molar-refractivity contribution in [2.45, 2.75) is 141 Å². The largest absolute Gasteiger partial charge is 0.465 e. The molecule has 3 aliphatic rings. The Labute approximate surface area is 560 Å². The average Bonchev–Trinajstić information content (AvgIpc) is 1.07. The first-order valence-corrected chi connectivity index (χ1v) is 33.2. The molecule has 3 fully saturated rings. The van der Waals surface area contributed by atoms with Crippen molar-refractivity contribution >= 4 is 69.0 Å². The van der Waals surface area contributed by atoms with Gasteiger partial charge in [-0.05, 0) is 216 Å². The lowest BCUT2D eigenvalue weighted by atomic mass is 9.81. The number of carboxylic acid groups (broad SMARTS) is 1. The second-order valence-corrected chi connectivity index (χ2v) is 26.9. The number of hydrogen-bond donors (Lipinski definition) is 9. The summed E-state index contributed by atoms with van der Waals surface area (Å²) in [6.07, 6.45) is 6.33. The van der Waals surface area contributed by atoms with Crippen molar-refractivity contribution in [2.75, 3.05) is 36.4 Å². The maximum absolute atomic E-state index is 14.1. The Balaban J connectivity index is 0.000000232. The van der Waals surface area contributed by atoms with E-state index in [4.69, 9.17) is 15.6 Å². The molecule has 0 radical (unpaired) electrons. The van der Waals surface area contributed by atoms with E-state index in [1.165, 1.54) is 0 Å². The van der Waals surface area contributed by atoms with Gasteiger partial charge in [-0.3, -0.25) is 28.9 Å². The van der Waals surface area contributed by atoms with E-state index >= 15 is 0 Å². The molecule has 10 N–H and O–H groups in total. The van der Waals surface area contributed by atoms with Crippen molar-refractivity contribution in [2.24, 2.45) is 29.4 Å². The van der Waals surface area contributed by atoms with E-state index in [1.54, 1.807) is 53.4 Å². The summed E-state index contributed by atoms with van der Waals surface area (Å²) < 4.78 is 6.21. The number of ether oxygens (including phenoxy) is 1. The van der Waals surface area contributed by atoms with Crippen molar-refractivity contribution in [1.29, 1.82) is 0 Å². The summed E-state index contributed by atoms with van der Waals surface area (Å²) in [5, 5.41) is 51.5. The number of nitrogens with two attached hydrogens (primary N) is 1. The third kappa shape index (κ3) is 20.5. The summed E-state index contributed by atoms with van der Waals surface area (Å²) in [6.45, 7) is 12.7. The number of amides is 7. The maximum Gasteiger partial charge on any atom is 0.407 e. The fourth-order valence-electron chi connectivity index (χ4n) is 12.4. The predicted octanol–water partition coefficient (Wildman–Crippen LogP) is 9.27. The topological polar surface area (TPSA) is 351 Å². The highest BCUT2D eigenvalue weighted by Gasteiger charge is 2.37.